The van der Waals surface area contributed by atoms with Gasteiger partial charge in [-0.25, -0.2) is 8.78 Å². The molecule has 0 aliphatic heterocycles. The summed E-state index contributed by atoms with van der Waals surface area (Å²) in [6.07, 6.45) is 8.70. The third kappa shape index (κ3) is 5.54. The Balaban J connectivity index is 1.51. The van der Waals surface area contributed by atoms with Crippen LogP contribution in [0.4, 0.5) is 14.5 Å². The molecule has 0 aromatic heterocycles. The van der Waals surface area contributed by atoms with Gasteiger partial charge in [0.2, 0.25) is 0 Å². The van der Waals surface area contributed by atoms with E-state index in [1.807, 2.05) is 0 Å². The summed E-state index contributed by atoms with van der Waals surface area (Å²) in [4.78, 5) is 23.9. The molecule has 6 nitrogen and oxygen atoms in total. The summed E-state index contributed by atoms with van der Waals surface area (Å²) in [7, 11) is 1.28. The van der Waals surface area contributed by atoms with E-state index in [1.165, 1.54) is 30.4 Å². The number of nitrogens with one attached hydrogen (secondary N) is 2. The van der Waals surface area contributed by atoms with Gasteiger partial charge in [-0.05, 0) is 73.3 Å². The Kier molecular flexibility index (Phi) is 7.82. The summed E-state index contributed by atoms with van der Waals surface area (Å²) >= 11 is 0. The summed E-state index contributed by atoms with van der Waals surface area (Å²) in [6.45, 7) is 2.38. The number of hydrogen-bond donors (Lipinski definition) is 3. The summed E-state index contributed by atoms with van der Waals surface area (Å²) in [5.74, 6) is -1.04. The van der Waals surface area contributed by atoms with Gasteiger partial charge in [-0.3, -0.25) is 9.59 Å². The number of methoxy groups -OCH3 is 1. The van der Waals surface area contributed by atoms with Crippen LogP contribution in [0.25, 0.3) is 0 Å². The van der Waals surface area contributed by atoms with Crippen LogP contribution >= 0.6 is 0 Å². The highest BCUT2D eigenvalue weighted by molar-refractivity contribution is 5.62. The van der Waals surface area contributed by atoms with E-state index >= 15 is 0 Å². The molecule has 0 amide bonds. The van der Waals surface area contributed by atoms with Gasteiger partial charge in [0.15, 0.2) is 5.75 Å². The van der Waals surface area contributed by atoms with Crippen LogP contribution in [0.5, 0.6) is 5.75 Å². The molecule has 4 rings (SSSR count). The zero-order valence-corrected chi connectivity index (χ0v) is 20.1. The second-order valence-corrected chi connectivity index (χ2v) is 9.50. The van der Waals surface area contributed by atoms with Crippen molar-refractivity contribution in [3.8, 4) is 5.75 Å². The summed E-state index contributed by atoms with van der Waals surface area (Å²) in [5.41, 5.74) is 1.58. The molecule has 188 valence electrons. The van der Waals surface area contributed by atoms with Crippen LogP contribution in [-0.4, -0.2) is 36.9 Å². The monoisotopic (exact) mass is 486 g/mol. The zero-order chi connectivity index (χ0) is 25.1. The molecule has 8 heteroatoms. The van der Waals surface area contributed by atoms with Crippen molar-refractivity contribution in [3.05, 3.63) is 79.1 Å². The second-order valence-electron chi connectivity index (χ2n) is 9.50. The molecular formula is C27H32F2N2O4. The number of hydrogen-bond acceptors (Lipinski definition) is 6. The van der Waals surface area contributed by atoms with E-state index in [2.05, 4.69) is 29.7 Å². The lowest BCUT2D eigenvalue weighted by atomic mass is 9.78. The predicted molar refractivity (Wildman–Crippen MR) is 132 cm³/mol. The van der Waals surface area contributed by atoms with Crippen molar-refractivity contribution in [1.29, 1.82) is 0 Å². The molecule has 35 heavy (non-hydrogen) atoms. The molecule has 0 heterocycles. The number of allylic oxidation sites excluding steroid dienone is 3. The van der Waals surface area contributed by atoms with Crippen molar-refractivity contribution in [3.63, 3.8) is 0 Å². The van der Waals surface area contributed by atoms with E-state index in [0.717, 1.165) is 38.2 Å². The predicted octanol–water partition coefficient (Wildman–Crippen LogP) is 3.38. The van der Waals surface area contributed by atoms with Gasteiger partial charge in [-0.2, -0.15) is 0 Å². The molecule has 0 radical (unpaired) electrons. The highest BCUT2D eigenvalue weighted by Gasteiger charge is 2.30. The number of anilines is 1. The lowest BCUT2D eigenvalue weighted by Crippen LogP contribution is -2.48. The van der Waals surface area contributed by atoms with E-state index in [0.29, 0.717) is 11.5 Å². The van der Waals surface area contributed by atoms with Gasteiger partial charge in [0.25, 0.3) is 10.9 Å². The zero-order valence-electron chi connectivity index (χ0n) is 20.1. The summed E-state index contributed by atoms with van der Waals surface area (Å²) in [6, 6.07) is 2.51. The quantitative estimate of drug-likeness (QED) is 0.447. The maximum absolute atomic E-state index is 13.8. The van der Waals surface area contributed by atoms with Crippen molar-refractivity contribution in [2.75, 3.05) is 19.0 Å². The molecule has 4 unspecified atom stereocenters. The van der Waals surface area contributed by atoms with Gasteiger partial charge in [0.05, 0.1) is 19.3 Å². The van der Waals surface area contributed by atoms with E-state index in [1.54, 1.807) is 0 Å². The number of rotatable bonds is 10. The molecule has 0 saturated heterocycles. The first-order chi connectivity index (χ1) is 16.8. The van der Waals surface area contributed by atoms with Crippen LogP contribution in [0.15, 0.2) is 51.1 Å². The van der Waals surface area contributed by atoms with E-state index < -0.39 is 34.6 Å². The normalized spacial score (nSPS) is 21.6. The molecule has 0 fully saturated rings. The van der Waals surface area contributed by atoms with Crippen molar-refractivity contribution in [1.82, 2.24) is 5.32 Å². The minimum absolute atomic E-state index is 0.0238. The Bertz CT molecular complexity index is 1180. The topological polar surface area (TPSA) is 87.7 Å². The van der Waals surface area contributed by atoms with Crippen LogP contribution in [0.3, 0.4) is 0 Å². The van der Waals surface area contributed by atoms with Crippen molar-refractivity contribution >= 4 is 5.69 Å². The van der Waals surface area contributed by atoms with Gasteiger partial charge in [0, 0.05) is 18.7 Å². The van der Waals surface area contributed by atoms with Crippen molar-refractivity contribution < 1.29 is 18.6 Å². The van der Waals surface area contributed by atoms with Crippen molar-refractivity contribution in [2.45, 2.75) is 63.6 Å². The first-order valence-corrected chi connectivity index (χ1v) is 12.2. The van der Waals surface area contributed by atoms with Gasteiger partial charge in [-0.1, -0.05) is 19.1 Å². The number of ether oxygens (including phenoxy) is 1. The molecular weight excluding hydrogens is 454 g/mol. The van der Waals surface area contributed by atoms with E-state index in [-0.39, 0.29) is 30.4 Å². The Morgan fingerprint density at radius 1 is 1.17 bits per heavy atom. The molecule has 2 aromatic carbocycles. The fraction of sp³-hybridized carbons (Fsp3) is 0.481. The van der Waals surface area contributed by atoms with Gasteiger partial charge >= 0.3 is 0 Å². The first-order valence-electron chi connectivity index (χ1n) is 12.2. The Morgan fingerprint density at radius 3 is 2.60 bits per heavy atom. The smallest absolute Gasteiger partial charge is 0.271 e. The lowest BCUT2D eigenvalue weighted by Gasteiger charge is -2.34. The fourth-order valence-corrected chi connectivity index (χ4v) is 5.18. The molecule has 2 aliphatic carbocycles. The SMILES string of the molecule is CCC1C=CC2=C(C1)C(NCC(O)C(Cc1cc(F)cc(F)c1)Nc1c(OC)c(=O)c1=O)CCC2. The Labute approximate surface area is 203 Å². The highest BCUT2D eigenvalue weighted by atomic mass is 19.1. The van der Waals surface area contributed by atoms with Crippen LogP contribution in [0, 0.1) is 17.6 Å². The Morgan fingerprint density at radius 2 is 1.91 bits per heavy atom. The number of aliphatic hydroxyl groups is 1. The number of benzene rings is 1. The minimum atomic E-state index is -1.01. The van der Waals surface area contributed by atoms with E-state index in [9.17, 15) is 23.5 Å². The number of aliphatic hydroxyl groups excluding tert-OH is 1. The molecule has 0 saturated carbocycles. The molecule has 2 aliphatic rings. The average Bonchev–Trinajstić information content (AvgIpc) is 2.85. The molecule has 2 aromatic rings. The molecule has 0 spiro atoms. The van der Waals surface area contributed by atoms with Crippen molar-refractivity contribution in [2.24, 2.45) is 5.92 Å². The molecule has 0 bridgehead atoms. The second kappa shape index (κ2) is 10.8. The minimum Gasteiger partial charge on any atom is -0.491 e. The van der Waals surface area contributed by atoms with Crippen LogP contribution in [-0.2, 0) is 6.42 Å². The maximum Gasteiger partial charge on any atom is 0.271 e. The standard InChI is InChI=1S/C27H32F2N2O4/c1-3-15-7-8-17-5-4-6-21(20(17)11-15)30-14-23(32)22(12-16-9-18(28)13-19(29)10-16)31-24-25(33)26(34)27(24)35-2/h7-10,13,15,21-23,30-32H,3-6,11-12,14H2,1-2H3. The van der Waals surface area contributed by atoms with Crippen LogP contribution < -0.4 is 26.2 Å². The van der Waals surface area contributed by atoms with E-state index in [4.69, 9.17) is 4.74 Å². The largest absolute Gasteiger partial charge is 0.491 e. The number of halogens is 2. The lowest BCUT2D eigenvalue weighted by molar-refractivity contribution is 0.145. The highest BCUT2D eigenvalue weighted by Crippen LogP contribution is 2.35. The molecule has 3 N–H and O–H groups in total. The fourth-order valence-electron chi connectivity index (χ4n) is 5.18. The van der Waals surface area contributed by atoms with Gasteiger partial charge < -0.3 is 20.5 Å². The summed E-state index contributed by atoms with van der Waals surface area (Å²) in [5, 5.41) is 17.5. The third-order valence-electron chi connectivity index (χ3n) is 7.16. The maximum atomic E-state index is 13.8. The third-order valence-corrected chi connectivity index (χ3v) is 7.16. The molecule has 4 atom stereocenters. The first kappa shape index (κ1) is 25.3. The van der Waals surface area contributed by atoms with Crippen LogP contribution in [0.1, 0.15) is 44.6 Å². The van der Waals surface area contributed by atoms with Gasteiger partial charge in [-0.15, -0.1) is 0 Å². The summed E-state index contributed by atoms with van der Waals surface area (Å²) < 4.78 is 32.6. The van der Waals surface area contributed by atoms with Crippen LogP contribution in [0.2, 0.25) is 0 Å². The van der Waals surface area contributed by atoms with Gasteiger partial charge in [0.1, 0.15) is 17.3 Å². The Hall–Kier alpha value is -2.84. The average molecular weight is 487 g/mol.